The minimum absolute atomic E-state index is 0.0239. The minimum atomic E-state index is -0.983. The number of benzene rings is 2. The molecule has 1 aliphatic rings. The van der Waals surface area contributed by atoms with Crippen LogP contribution in [0, 0.1) is 24.0 Å². The molecule has 0 aliphatic carbocycles. The van der Waals surface area contributed by atoms with Gasteiger partial charge in [0.2, 0.25) is 5.88 Å². The van der Waals surface area contributed by atoms with Crippen LogP contribution >= 0.6 is 0 Å². The molecular formula is C27H31F2N7O3. The zero-order valence-corrected chi connectivity index (χ0v) is 21.6. The molecule has 0 spiro atoms. The second-order valence-corrected chi connectivity index (χ2v) is 9.31. The number of anilines is 1. The summed E-state index contributed by atoms with van der Waals surface area (Å²) in [6.07, 6.45) is 1.67. The number of ether oxygens (including phenoxy) is 1. The van der Waals surface area contributed by atoms with E-state index in [0.29, 0.717) is 34.9 Å². The van der Waals surface area contributed by atoms with Gasteiger partial charge in [-0.15, -0.1) is 5.10 Å². The van der Waals surface area contributed by atoms with Crippen LogP contribution in [0.1, 0.15) is 24.0 Å². The highest BCUT2D eigenvalue weighted by Gasteiger charge is 2.36. The van der Waals surface area contributed by atoms with E-state index in [1.54, 1.807) is 18.7 Å². The highest BCUT2D eigenvalue weighted by Crippen LogP contribution is 2.32. The fraction of sp³-hybridized carbons (Fsp3) is 0.296. The first-order valence-corrected chi connectivity index (χ1v) is 12.4. The zero-order valence-electron chi connectivity index (χ0n) is 21.6. The number of nitrogens with one attached hydrogen (secondary N) is 3. The van der Waals surface area contributed by atoms with Crippen LogP contribution in [0.3, 0.4) is 0 Å². The molecule has 0 saturated carbocycles. The SMILES string of the molecule is Cc1c(OC[C@H](C)O)nn(-c2ccccc2)c1NC(=O)N[C@@H]1CN(/C(C=N)=C/N)C[C@H]1c1ccc(F)c(F)c1. The van der Waals surface area contributed by atoms with Gasteiger partial charge in [0.15, 0.2) is 11.6 Å². The van der Waals surface area contributed by atoms with E-state index in [9.17, 15) is 18.7 Å². The summed E-state index contributed by atoms with van der Waals surface area (Å²) in [5.41, 5.74) is 7.84. The summed E-state index contributed by atoms with van der Waals surface area (Å²) < 4.78 is 34.9. The number of nitrogens with two attached hydrogens (primary N) is 1. The molecule has 206 valence electrons. The third-order valence-electron chi connectivity index (χ3n) is 6.46. The number of aliphatic hydroxyl groups is 1. The van der Waals surface area contributed by atoms with Crippen molar-refractivity contribution in [2.24, 2.45) is 5.73 Å². The number of para-hydroxylation sites is 1. The van der Waals surface area contributed by atoms with E-state index < -0.39 is 35.7 Å². The highest BCUT2D eigenvalue weighted by atomic mass is 19.2. The molecule has 39 heavy (non-hydrogen) atoms. The summed E-state index contributed by atoms with van der Waals surface area (Å²) in [6, 6.07) is 11.7. The number of carbonyl (C=O) groups is 1. The first-order chi connectivity index (χ1) is 18.7. The van der Waals surface area contributed by atoms with Gasteiger partial charge in [0, 0.05) is 31.4 Å². The van der Waals surface area contributed by atoms with E-state index in [1.807, 2.05) is 30.3 Å². The first kappa shape index (κ1) is 27.6. The second kappa shape index (κ2) is 11.9. The third-order valence-corrected chi connectivity index (χ3v) is 6.46. The van der Waals surface area contributed by atoms with Crippen molar-refractivity contribution in [3.05, 3.63) is 83.2 Å². The maximum Gasteiger partial charge on any atom is 0.320 e. The van der Waals surface area contributed by atoms with Crippen molar-refractivity contribution in [3.63, 3.8) is 0 Å². The number of halogens is 2. The lowest BCUT2D eigenvalue weighted by molar-refractivity contribution is 0.119. The fourth-order valence-electron chi connectivity index (χ4n) is 4.51. The molecule has 3 atom stereocenters. The molecule has 1 saturated heterocycles. The molecule has 1 aliphatic heterocycles. The molecular weight excluding hydrogens is 508 g/mol. The van der Waals surface area contributed by atoms with Crippen molar-refractivity contribution in [1.29, 1.82) is 5.41 Å². The quantitative estimate of drug-likeness (QED) is 0.264. The lowest BCUT2D eigenvalue weighted by Crippen LogP contribution is -2.42. The van der Waals surface area contributed by atoms with Gasteiger partial charge in [0.1, 0.15) is 12.4 Å². The van der Waals surface area contributed by atoms with Crippen LogP contribution in [0.15, 0.2) is 60.4 Å². The van der Waals surface area contributed by atoms with Crippen LogP contribution in [0.5, 0.6) is 5.88 Å². The highest BCUT2D eigenvalue weighted by molar-refractivity contribution is 5.90. The van der Waals surface area contributed by atoms with Crippen LogP contribution < -0.4 is 21.1 Å². The van der Waals surface area contributed by atoms with Gasteiger partial charge < -0.3 is 31.2 Å². The van der Waals surface area contributed by atoms with E-state index in [4.69, 9.17) is 15.9 Å². The van der Waals surface area contributed by atoms with Gasteiger partial charge >= 0.3 is 6.03 Å². The number of carbonyl (C=O) groups excluding carboxylic acids is 1. The average molecular weight is 540 g/mol. The Morgan fingerprint density at radius 1 is 1.26 bits per heavy atom. The summed E-state index contributed by atoms with van der Waals surface area (Å²) in [4.78, 5) is 15.1. The van der Waals surface area contributed by atoms with E-state index >= 15 is 0 Å². The van der Waals surface area contributed by atoms with Crippen molar-refractivity contribution in [2.75, 3.05) is 25.0 Å². The standard InChI is InChI=1S/C27H31F2N7O3/c1-16(37)15-39-26-17(2)25(36(34-26)19-6-4-3-5-7-19)33-27(38)32-24-14-35(20(11-30)12-31)13-21(24)18-8-9-22(28)23(29)10-18/h3-12,16,21,24,30,37H,13-15,31H2,1-2H3,(H2,32,33,38)/b20-12+,30-11?/t16-,21-,24+/m0/s1. The Bertz CT molecular complexity index is 1360. The van der Waals surface area contributed by atoms with E-state index in [1.165, 1.54) is 16.9 Å². The molecule has 2 amide bonds. The Labute approximate surface area is 224 Å². The molecule has 3 aromatic rings. The molecule has 2 aromatic carbocycles. The van der Waals surface area contributed by atoms with Gasteiger partial charge in [0.05, 0.1) is 29.1 Å². The predicted molar refractivity (Wildman–Crippen MR) is 143 cm³/mol. The maximum atomic E-state index is 14.1. The van der Waals surface area contributed by atoms with Crippen molar-refractivity contribution in [2.45, 2.75) is 31.9 Å². The van der Waals surface area contributed by atoms with Gasteiger partial charge in [0.25, 0.3) is 0 Å². The molecule has 4 rings (SSSR count). The van der Waals surface area contributed by atoms with Crippen molar-refractivity contribution >= 4 is 18.1 Å². The molecule has 1 fully saturated rings. The smallest absolute Gasteiger partial charge is 0.320 e. The number of nitrogens with zero attached hydrogens (tertiary/aromatic N) is 3. The molecule has 0 bridgehead atoms. The van der Waals surface area contributed by atoms with Gasteiger partial charge in [-0.1, -0.05) is 24.3 Å². The minimum Gasteiger partial charge on any atom is -0.474 e. The van der Waals surface area contributed by atoms with Crippen LogP contribution in [0.25, 0.3) is 5.69 Å². The molecule has 0 radical (unpaired) electrons. The number of aliphatic hydroxyl groups excluding tert-OH is 1. The first-order valence-electron chi connectivity index (χ1n) is 12.4. The van der Waals surface area contributed by atoms with Crippen LogP contribution in [-0.4, -0.2) is 63.9 Å². The number of hydrogen-bond donors (Lipinski definition) is 5. The summed E-state index contributed by atoms with van der Waals surface area (Å²) in [5, 5.41) is 27.5. The Morgan fingerprint density at radius 3 is 2.64 bits per heavy atom. The topological polar surface area (TPSA) is 142 Å². The van der Waals surface area contributed by atoms with Gasteiger partial charge in [-0.3, -0.25) is 5.32 Å². The Kier molecular flexibility index (Phi) is 8.45. The number of urea groups is 1. The number of amides is 2. The van der Waals surface area contributed by atoms with Crippen LogP contribution in [0.2, 0.25) is 0 Å². The summed E-state index contributed by atoms with van der Waals surface area (Å²) in [6.45, 7) is 3.97. The molecule has 1 aromatic heterocycles. The number of rotatable bonds is 9. The number of aromatic nitrogens is 2. The van der Waals surface area contributed by atoms with Crippen LogP contribution in [-0.2, 0) is 0 Å². The molecule has 0 unspecified atom stereocenters. The average Bonchev–Trinajstić information content (AvgIpc) is 3.46. The lowest BCUT2D eigenvalue weighted by Gasteiger charge is -2.21. The van der Waals surface area contributed by atoms with Gasteiger partial charge in [-0.25, -0.2) is 18.3 Å². The Balaban J connectivity index is 1.61. The number of likely N-dealkylation sites (tertiary alicyclic amines) is 1. The second-order valence-electron chi connectivity index (χ2n) is 9.31. The third kappa shape index (κ3) is 6.17. The Hall–Kier alpha value is -4.45. The maximum absolute atomic E-state index is 14.1. The van der Waals surface area contributed by atoms with Gasteiger partial charge in [-0.05, 0) is 43.7 Å². The van der Waals surface area contributed by atoms with Crippen molar-refractivity contribution < 1.29 is 23.4 Å². The van der Waals surface area contributed by atoms with E-state index in [2.05, 4.69) is 15.7 Å². The molecule has 12 heteroatoms. The molecule has 2 heterocycles. The van der Waals surface area contributed by atoms with Gasteiger partial charge in [-0.2, -0.15) is 0 Å². The van der Waals surface area contributed by atoms with Crippen molar-refractivity contribution in [1.82, 2.24) is 20.0 Å². The van der Waals surface area contributed by atoms with Crippen LogP contribution in [0.4, 0.5) is 19.4 Å². The number of allylic oxidation sites excluding steroid dienone is 1. The van der Waals surface area contributed by atoms with Crippen molar-refractivity contribution in [3.8, 4) is 11.6 Å². The normalized spacial score (nSPS) is 18.1. The Morgan fingerprint density at radius 2 is 2.00 bits per heavy atom. The lowest BCUT2D eigenvalue weighted by atomic mass is 9.94. The fourth-order valence-corrected chi connectivity index (χ4v) is 4.51. The molecule has 6 N–H and O–H groups in total. The predicted octanol–water partition coefficient (Wildman–Crippen LogP) is 3.26. The summed E-state index contributed by atoms with van der Waals surface area (Å²) >= 11 is 0. The largest absolute Gasteiger partial charge is 0.474 e. The number of hydrogen-bond acceptors (Lipinski definition) is 7. The zero-order chi connectivity index (χ0) is 28.1. The van der Waals surface area contributed by atoms with E-state index in [0.717, 1.165) is 18.3 Å². The van der Waals surface area contributed by atoms with E-state index in [-0.39, 0.29) is 19.0 Å². The summed E-state index contributed by atoms with van der Waals surface area (Å²) in [5.74, 6) is -1.74. The summed E-state index contributed by atoms with van der Waals surface area (Å²) in [7, 11) is 0. The monoisotopic (exact) mass is 539 g/mol. The molecule has 10 nitrogen and oxygen atoms in total.